The van der Waals surface area contributed by atoms with Crippen LogP contribution in [-0.2, 0) is 32.1 Å². The minimum atomic E-state index is -1.12. The van der Waals surface area contributed by atoms with Crippen molar-refractivity contribution in [3.63, 3.8) is 0 Å². The zero-order valence-electron chi connectivity index (χ0n) is 24.4. The molecule has 0 aliphatic carbocycles. The number of piperazine rings is 1. The number of hydrazine groups is 1. The van der Waals surface area contributed by atoms with Gasteiger partial charge in [0.25, 0.3) is 0 Å². The molecule has 11 heteroatoms. The summed E-state index contributed by atoms with van der Waals surface area (Å²) in [6.45, 7) is 4.45. The number of rotatable bonds is 10. The highest BCUT2D eigenvalue weighted by molar-refractivity contribution is 5.95. The molecule has 0 radical (unpaired) electrons. The van der Waals surface area contributed by atoms with E-state index in [-0.39, 0.29) is 43.3 Å². The van der Waals surface area contributed by atoms with E-state index >= 15 is 0 Å². The Morgan fingerprint density at radius 3 is 2.52 bits per heavy atom. The number of aromatic hydroxyl groups is 1. The van der Waals surface area contributed by atoms with Crippen molar-refractivity contribution in [1.82, 2.24) is 25.6 Å². The Hall–Kier alpha value is -5.00. The normalized spacial score (nSPS) is 19.2. The molecule has 11 nitrogen and oxygen atoms in total. The van der Waals surface area contributed by atoms with Gasteiger partial charge in [0.05, 0.1) is 25.8 Å². The minimum Gasteiger partial charge on any atom is -0.508 e. The molecule has 3 aromatic rings. The highest BCUT2D eigenvalue weighted by Crippen LogP contribution is 2.31. The molecule has 3 atom stereocenters. The number of esters is 1. The first-order chi connectivity index (χ1) is 21.3. The number of nitrogens with one attached hydrogen (secondary N) is 2. The summed E-state index contributed by atoms with van der Waals surface area (Å²) in [6.07, 6.45) is 1.21. The van der Waals surface area contributed by atoms with Gasteiger partial charge in [-0.25, -0.2) is 15.2 Å². The van der Waals surface area contributed by atoms with Crippen LogP contribution in [0.1, 0.15) is 33.1 Å². The van der Waals surface area contributed by atoms with E-state index in [1.807, 2.05) is 30.3 Å². The Morgan fingerprint density at radius 2 is 1.82 bits per heavy atom. The number of ether oxygens (including phenoxy) is 1. The van der Waals surface area contributed by atoms with E-state index in [0.717, 1.165) is 11.1 Å². The van der Waals surface area contributed by atoms with Crippen molar-refractivity contribution in [3.05, 3.63) is 114 Å². The van der Waals surface area contributed by atoms with Gasteiger partial charge in [-0.15, -0.1) is 6.58 Å². The number of phenols is 1. The van der Waals surface area contributed by atoms with E-state index in [0.29, 0.717) is 12.1 Å². The van der Waals surface area contributed by atoms with Gasteiger partial charge in [-0.3, -0.25) is 14.4 Å². The molecular weight excluding hydrogens is 562 g/mol. The van der Waals surface area contributed by atoms with Crippen molar-refractivity contribution in [2.45, 2.75) is 31.2 Å². The maximum atomic E-state index is 14.4. The van der Waals surface area contributed by atoms with E-state index in [1.54, 1.807) is 52.4 Å². The topological polar surface area (TPSA) is 132 Å². The maximum Gasteiger partial charge on any atom is 0.337 e. The summed E-state index contributed by atoms with van der Waals surface area (Å²) in [5, 5.41) is 14.5. The van der Waals surface area contributed by atoms with Crippen molar-refractivity contribution in [3.8, 4) is 5.75 Å². The van der Waals surface area contributed by atoms with Crippen LogP contribution in [0.25, 0.3) is 0 Å². The fourth-order valence-electron chi connectivity index (χ4n) is 5.70. The van der Waals surface area contributed by atoms with Crippen molar-refractivity contribution in [2.75, 3.05) is 26.7 Å². The maximum absolute atomic E-state index is 14.4. The molecule has 2 fully saturated rings. The van der Waals surface area contributed by atoms with Gasteiger partial charge in [0.15, 0.2) is 0 Å². The number of benzene rings is 3. The fourth-order valence-corrected chi connectivity index (χ4v) is 5.70. The second kappa shape index (κ2) is 13.5. The van der Waals surface area contributed by atoms with Crippen LogP contribution < -0.4 is 10.7 Å². The lowest BCUT2D eigenvalue weighted by Gasteiger charge is -2.52. The van der Waals surface area contributed by atoms with Gasteiger partial charge in [0.2, 0.25) is 17.7 Å². The third kappa shape index (κ3) is 6.64. The summed E-state index contributed by atoms with van der Waals surface area (Å²) in [7, 11) is 1.27. The second-order valence-electron chi connectivity index (χ2n) is 10.7. The zero-order chi connectivity index (χ0) is 31.2. The van der Waals surface area contributed by atoms with Crippen molar-refractivity contribution < 1.29 is 29.0 Å². The molecule has 0 saturated carbocycles. The number of carbonyl (C=O) groups is 4. The predicted molar refractivity (Wildman–Crippen MR) is 162 cm³/mol. The molecule has 2 aliphatic heterocycles. The predicted octanol–water partition coefficient (Wildman–Crippen LogP) is 2.15. The SMILES string of the molecule is C=CCN1CC(=O)N2[C@H](CN(C(C(=O)NCc3ccccc3)c3cccc(C(=O)OC)c3)C(=O)[C@@H]2Cc2ccc(O)cc2)N1. The number of carbonyl (C=O) groups excluding carboxylic acids is 4. The van der Waals surface area contributed by atoms with E-state index in [1.165, 1.54) is 24.1 Å². The Morgan fingerprint density at radius 1 is 1.07 bits per heavy atom. The highest BCUT2D eigenvalue weighted by Gasteiger charge is 2.49. The van der Waals surface area contributed by atoms with Gasteiger partial charge in [-0.1, -0.05) is 60.7 Å². The van der Waals surface area contributed by atoms with Gasteiger partial charge >= 0.3 is 5.97 Å². The van der Waals surface area contributed by atoms with Gasteiger partial charge in [-0.2, -0.15) is 0 Å². The number of hydrogen-bond acceptors (Lipinski definition) is 8. The van der Waals surface area contributed by atoms with Crippen LogP contribution >= 0.6 is 0 Å². The number of hydrogen-bond donors (Lipinski definition) is 3. The molecule has 2 heterocycles. The van der Waals surface area contributed by atoms with Crippen LogP contribution in [0.5, 0.6) is 5.75 Å². The van der Waals surface area contributed by atoms with Gasteiger partial charge in [0.1, 0.15) is 24.0 Å². The molecule has 44 heavy (non-hydrogen) atoms. The molecule has 1 unspecified atom stereocenters. The van der Waals surface area contributed by atoms with Crippen LogP contribution in [0.4, 0.5) is 0 Å². The summed E-state index contributed by atoms with van der Waals surface area (Å²) in [5.74, 6) is -1.57. The van der Waals surface area contributed by atoms with Crippen molar-refractivity contribution in [2.24, 2.45) is 0 Å². The Balaban J connectivity index is 1.54. The summed E-state index contributed by atoms with van der Waals surface area (Å²) in [4.78, 5) is 57.4. The molecule has 2 saturated heterocycles. The molecular formula is C33H35N5O6. The number of methoxy groups -OCH3 is 1. The first-order valence-corrected chi connectivity index (χ1v) is 14.3. The minimum absolute atomic E-state index is 0.0101. The smallest absolute Gasteiger partial charge is 0.337 e. The largest absolute Gasteiger partial charge is 0.508 e. The van der Waals surface area contributed by atoms with Gasteiger partial charge in [0, 0.05) is 19.5 Å². The molecule has 3 aromatic carbocycles. The third-order valence-electron chi connectivity index (χ3n) is 7.76. The van der Waals surface area contributed by atoms with Crippen molar-refractivity contribution in [1.29, 1.82) is 0 Å². The van der Waals surface area contributed by atoms with E-state index in [2.05, 4.69) is 17.3 Å². The van der Waals surface area contributed by atoms with E-state index in [4.69, 9.17) is 4.74 Å². The molecule has 0 spiro atoms. The quantitative estimate of drug-likeness (QED) is 0.239. The molecule has 228 valence electrons. The molecule has 5 rings (SSSR count). The first-order valence-electron chi connectivity index (χ1n) is 14.3. The molecule has 0 aromatic heterocycles. The molecule has 0 bridgehead atoms. The summed E-state index contributed by atoms with van der Waals surface area (Å²) >= 11 is 0. The third-order valence-corrected chi connectivity index (χ3v) is 7.76. The van der Waals surface area contributed by atoms with E-state index < -0.39 is 36.0 Å². The first kappa shape index (κ1) is 30.5. The fraction of sp³-hybridized carbons (Fsp3) is 0.273. The monoisotopic (exact) mass is 597 g/mol. The second-order valence-corrected chi connectivity index (χ2v) is 10.7. The number of amides is 3. The van der Waals surface area contributed by atoms with Crippen LogP contribution in [0, 0.1) is 0 Å². The molecule has 3 amide bonds. The summed E-state index contributed by atoms with van der Waals surface area (Å²) in [6, 6.07) is 20.3. The van der Waals surface area contributed by atoms with Gasteiger partial charge < -0.3 is 25.0 Å². The van der Waals surface area contributed by atoms with Crippen LogP contribution in [0.2, 0.25) is 0 Å². The summed E-state index contributed by atoms with van der Waals surface area (Å²) in [5.41, 5.74) is 5.61. The van der Waals surface area contributed by atoms with Crippen LogP contribution in [-0.4, -0.2) is 82.6 Å². The Labute approximate surface area is 255 Å². The molecule has 3 N–H and O–H groups in total. The number of phenolic OH excluding ortho intramolecular Hbond substituents is 1. The standard InChI is InChI=1S/C33H35N5O6/c1-3-16-36-21-29(40)38-27(17-22-12-14-26(39)15-13-22)32(42)37(20-28(38)35-36)30(24-10-7-11-25(18-24)33(43)44-2)31(41)34-19-23-8-5-4-6-9-23/h3-15,18,27-28,30,35,39H,1,16-17,19-21H2,2H3,(H,34,41)/t27-,28+,30?/m0/s1. The Kier molecular flexibility index (Phi) is 9.37. The van der Waals surface area contributed by atoms with Gasteiger partial charge in [-0.05, 0) is 41.0 Å². The highest BCUT2D eigenvalue weighted by atomic mass is 16.5. The number of fused-ring (bicyclic) bond motifs is 1. The van der Waals surface area contributed by atoms with Crippen LogP contribution in [0.3, 0.4) is 0 Å². The van der Waals surface area contributed by atoms with Crippen LogP contribution in [0.15, 0.2) is 91.5 Å². The average molecular weight is 598 g/mol. The lowest BCUT2D eigenvalue weighted by molar-refractivity contribution is -0.171. The van der Waals surface area contributed by atoms with E-state index in [9.17, 15) is 24.3 Å². The zero-order valence-corrected chi connectivity index (χ0v) is 24.4. The molecule has 2 aliphatic rings. The average Bonchev–Trinajstić information content (AvgIpc) is 3.03. The Bertz CT molecular complexity index is 1530. The summed E-state index contributed by atoms with van der Waals surface area (Å²) < 4.78 is 4.91. The number of nitrogens with zero attached hydrogens (tertiary/aromatic N) is 3. The lowest BCUT2D eigenvalue weighted by atomic mass is 9.95. The lowest BCUT2D eigenvalue weighted by Crippen LogP contribution is -2.75. The van der Waals surface area contributed by atoms with Crippen molar-refractivity contribution >= 4 is 23.7 Å².